The zero-order valence-corrected chi connectivity index (χ0v) is 18.6. The Morgan fingerprint density at radius 3 is 2.74 bits per heavy atom. The van der Waals surface area contributed by atoms with E-state index < -0.39 is 0 Å². The highest BCUT2D eigenvalue weighted by Crippen LogP contribution is 2.50. The number of carbonyl (C=O) groups is 1. The normalized spacial score (nSPS) is 25.6. The molecule has 5 heteroatoms. The van der Waals surface area contributed by atoms with Gasteiger partial charge in [-0.15, -0.1) is 0 Å². The summed E-state index contributed by atoms with van der Waals surface area (Å²) in [5, 5.41) is 3.74. The number of ether oxygens (including phenoxy) is 1. The molecule has 5 nitrogen and oxygen atoms in total. The Morgan fingerprint density at radius 1 is 1.23 bits per heavy atom. The van der Waals surface area contributed by atoms with E-state index in [1.165, 1.54) is 29.5 Å². The topological polar surface area (TPSA) is 54.5 Å². The standard InChI is InChI=1S/C26H31N3O2/c1-16-5-4-6-24(27-16)28-25-17(2)26(20-7-8-20)29(18(3)30)23-10-9-21(15-22(23)25)19-11-13-31-14-12-19/h4-6,9-11,15,17,20,25-26H,7-8,12-14H2,1-3H3,(H,27,28)/t17-,25?,26?/m1/s1. The third kappa shape index (κ3) is 3.87. The predicted octanol–water partition coefficient (Wildman–Crippen LogP) is 5.13. The number of rotatable bonds is 4. The van der Waals surface area contributed by atoms with Crippen molar-refractivity contribution in [3.8, 4) is 0 Å². The molecular formula is C26H31N3O2. The summed E-state index contributed by atoms with van der Waals surface area (Å²) in [6.07, 6.45) is 5.51. The van der Waals surface area contributed by atoms with Crippen molar-refractivity contribution in [2.45, 2.75) is 52.1 Å². The number of pyridine rings is 1. The van der Waals surface area contributed by atoms with Crippen LogP contribution in [0.1, 0.15) is 56.0 Å². The zero-order chi connectivity index (χ0) is 21.5. The fourth-order valence-corrected chi connectivity index (χ4v) is 5.34. The van der Waals surface area contributed by atoms with Crippen LogP contribution in [0.2, 0.25) is 0 Å². The highest BCUT2D eigenvalue weighted by molar-refractivity contribution is 5.94. The van der Waals surface area contributed by atoms with Crippen LogP contribution in [-0.4, -0.2) is 30.1 Å². The lowest BCUT2D eigenvalue weighted by Crippen LogP contribution is -2.51. The first-order valence-electron chi connectivity index (χ1n) is 11.4. The van der Waals surface area contributed by atoms with Crippen molar-refractivity contribution in [2.24, 2.45) is 11.8 Å². The predicted molar refractivity (Wildman–Crippen MR) is 124 cm³/mol. The number of anilines is 2. The van der Waals surface area contributed by atoms with Gasteiger partial charge in [-0.05, 0) is 73.1 Å². The maximum absolute atomic E-state index is 12.8. The van der Waals surface area contributed by atoms with E-state index in [2.05, 4.69) is 41.4 Å². The third-order valence-electron chi connectivity index (χ3n) is 6.95. The van der Waals surface area contributed by atoms with Gasteiger partial charge >= 0.3 is 0 Å². The Morgan fingerprint density at radius 2 is 2.06 bits per heavy atom. The molecule has 1 fully saturated rings. The monoisotopic (exact) mass is 417 g/mol. The molecule has 1 aliphatic carbocycles. The first kappa shape index (κ1) is 20.3. The number of aromatic nitrogens is 1. The SMILES string of the molecule is CC(=O)N1c2ccc(C3=CCOCC3)cc2C(Nc2cccc(C)n2)[C@@H](C)C1C1CC1. The van der Waals surface area contributed by atoms with Gasteiger partial charge in [-0.3, -0.25) is 4.79 Å². The average Bonchev–Trinajstić information content (AvgIpc) is 3.60. The van der Waals surface area contributed by atoms with Crippen molar-refractivity contribution in [1.29, 1.82) is 0 Å². The molecule has 31 heavy (non-hydrogen) atoms. The van der Waals surface area contributed by atoms with E-state index in [1.807, 2.05) is 25.1 Å². The third-order valence-corrected chi connectivity index (χ3v) is 6.95. The largest absolute Gasteiger partial charge is 0.377 e. The van der Waals surface area contributed by atoms with E-state index in [-0.39, 0.29) is 23.9 Å². The minimum atomic E-state index is 0.103. The second-order valence-corrected chi connectivity index (χ2v) is 9.19. The molecule has 0 radical (unpaired) electrons. The van der Waals surface area contributed by atoms with Crippen molar-refractivity contribution >= 4 is 23.0 Å². The Labute approximate surface area is 184 Å². The van der Waals surface area contributed by atoms with Crippen LogP contribution in [0.3, 0.4) is 0 Å². The van der Waals surface area contributed by atoms with Gasteiger partial charge in [-0.1, -0.05) is 25.1 Å². The van der Waals surface area contributed by atoms with Crippen LogP contribution >= 0.6 is 0 Å². The average molecular weight is 418 g/mol. The molecule has 3 atom stereocenters. The second kappa shape index (κ2) is 8.12. The van der Waals surface area contributed by atoms with Gasteiger partial charge in [0.05, 0.1) is 19.3 Å². The maximum Gasteiger partial charge on any atom is 0.224 e. The Hall–Kier alpha value is -2.66. The quantitative estimate of drug-likeness (QED) is 0.749. The van der Waals surface area contributed by atoms with Crippen molar-refractivity contribution in [3.05, 3.63) is 59.3 Å². The molecule has 1 aromatic heterocycles. The number of carbonyl (C=O) groups excluding carboxylic acids is 1. The van der Waals surface area contributed by atoms with E-state index in [0.717, 1.165) is 30.2 Å². The van der Waals surface area contributed by atoms with Crippen molar-refractivity contribution in [1.82, 2.24) is 4.98 Å². The van der Waals surface area contributed by atoms with Crippen molar-refractivity contribution < 1.29 is 9.53 Å². The van der Waals surface area contributed by atoms with Crippen molar-refractivity contribution in [3.63, 3.8) is 0 Å². The lowest BCUT2D eigenvalue weighted by molar-refractivity contribution is -0.117. The summed E-state index contributed by atoms with van der Waals surface area (Å²) in [5.41, 5.74) is 5.79. The second-order valence-electron chi connectivity index (χ2n) is 9.19. The molecule has 0 saturated heterocycles. The van der Waals surface area contributed by atoms with Gasteiger partial charge in [0, 0.05) is 30.3 Å². The summed E-state index contributed by atoms with van der Waals surface area (Å²) in [6.45, 7) is 7.44. The smallest absolute Gasteiger partial charge is 0.224 e. The van der Waals surface area contributed by atoms with Gasteiger partial charge in [-0.2, -0.15) is 0 Å². The molecule has 0 bridgehead atoms. The number of nitrogens with one attached hydrogen (secondary N) is 1. The fourth-order valence-electron chi connectivity index (χ4n) is 5.34. The lowest BCUT2D eigenvalue weighted by Gasteiger charge is -2.46. The molecule has 5 rings (SSSR count). The van der Waals surface area contributed by atoms with Crippen LogP contribution in [0.25, 0.3) is 5.57 Å². The number of fused-ring (bicyclic) bond motifs is 1. The van der Waals surface area contributed by atoms with Gasteiger partial charge in [0.1, 0.15) is 5.82 Å². The van der Waals surface area contributed by atoms with Gasteiger partial charge in [0.25, 0.3) is 0 Å². The van der Waals surface area contributed by atoms with E-state index >= 15 is 0 Å². The number of aryl methyl sites for hydroxylation is 1. The molecule has 2 aliphatic heterocycles. The molecule has 2 aromatic rings. The summed E-state index contributed by atoms with van der Waals surface area (Å²) in [5.74, 6) is 1.89. The Balaban J connectivity index is 1.61. The van der Waals surface area contributed by atoms with Crippen LogP contribution in [0.15, 0.2) is 42.5 Å². The highest BCUT2D eigenvalue weighted by atomic mass is 16.5. The molecule has 1 saturated carbocycles. The zero-order valence-electron chi connectivity index (χ0n) is 18.6. The summed E-state index contributed by atoms with van der Waals surface area (Å²) >= 11 is 0. The molecular weight excluding hydrogens is 386 g/mol. The van der Waals surface area contributed by atoms with Gasteiger partial charge in [0.15, 0.2) is 0 Å². The molecule has 3 aliphatic rings. The molecule has 2 unspecified atom stereocenters. The maximum atomic E-state index is 12.8. The fraction of sp³-hybridized carbons (Fsp3) is 0.462. The summed E-state index contributed by atoms with van der Waals surface area (Å²) in [7, 11) is 0. The van der Waals surface area contributed by atoms with Crippen LogP contribution in [0, 0.1) is 18.8 Å². The number of hydrogen-bond acceptors (Lipinski definition) is 4. The van der Waals surface area contributed by atoms with Crippen LogP contribution < -0.4 is 10.2 Å². The molecule has 1 N–H and O–H groups in total. The van der Waals surface area contributed by atoms with Crippen LogP contribution in [0.4, 0.5) is 11.5 Å². The molecule has 0 spiro atoms. The van der Waals surface area contributed by atoms with Crippen molar-refractivity contribution in [2.75, 3.05) is 23.4 Å². The molecule has 162 valence electrons. The highest BCUT2D eigenvalue weighted by Gasteiger charge is 2.47. The summed E-state index contributed by atoms with van der Waals surface area (Å²) < 4.78 is 5.51. The molecule has 1 amide bonds. The first-order chi connectivity index (χ1) is 15.0. The van der Waals surface area contributed by atoms with Gasteiger partial charge in [0.2, 0.25) is 5.91 Å². The first-order valence-corrected chi connectivity index (χ1v) is 11.4. The van der Waals surface area contributed by atoms with Crippen LogP contribution in [-0.2, 0) is 9.53 Å². The summed E-state index contributed by atoms with van der Waals surface area (Å²) in [4.78, 5) is 19.6. The number of amides is 1. The lowest BCUT2D eigenvalue weighted by atomic mass is 9.79. The Bertz CT molecular complexity index is 1030. The molecule has 1 aromatic carbocycles. The summed E-state index contributed by atoms with van der Waals surface area (Å²) in [6, 6.07) is 13.0. The van der Waals surface area contributed by atoms with E-state index in [1.54, 1.807) is 6.92 Å². The molecule has 3 heterocycles. The van der Waals surface area contributed by atoms with E-state index in [9.17, 15) is 4.79 Å². The number of nitrogens with zero attached hydrogens (tertiary/aromatic N) is 2. The van der Waals surface area contributed by atoms with E-state index in [0.29, 0.717) is 12.5 Å². The number of hydrogen-bond donors (Lipinski definition) is 1. The minimum absolute atomic E-state index is 0.103. The van der Waals surface area contributed by atoms with Gasteiger partial charge < -0.3 is 15.0 Å². The van der Waals surface area contributed by atoms with Crippen LogP contribution in [0.5, 0.6) is 0 Å². The number of benzene rings is 1. The van der Waals surface area contributed by atoms with Gasteiger partial charge in [-0.25, -0.2) is 4.98 Å². The Kier molecular flexibility index (Phi) is 5.30. The minimum Gasteiger partial charge on any atom is -0.377 e. The van der Waals surface area contributed by atoms with E-state index in [4.69, 9.17) is 9.72 Å².